The molecule has 0 amide bonds. The van der Waals surface area contributed by atoms with Crippen molar-refractivity contribution in [1.29, 1.82) is 0 Å². The van der Waals surface area contributed by atoms with Gasteiger partial charge in [0.05, 0.1) is 24.4 Å². The van der Waals surface area contributed by atoms with Gasteiger partial charge in [0.2, 0.25) is 0 Å². The molecule has 2 saturated carbocycles. The van der Waals surface area contributed by atoms with Crippen LogP contribution in [0.25, 0.3) is 0 Å². The molecule has 7 atom stereocenters. The van der Waals surface area contributed by atoms with Gasteiger partial charge in [0, 0.05) is 24.9 Å². The van der Waals surface area contributed by atoms with E-state index in [9.17, 15) is 4.79 Å². The molecule has 0 radical (unpaired) electrons. The second-order valence-corrected chi connectivity index (χ2v) is 10.5. The number of furan rings is 1. The number of hydrogen-bond donors (Lipinski definition) is 0. The summed E-state index contributed by atoms with van der Waals surface area (Å²) >= 11 is 0. The molecule has 0 bridgehead atoms. The van der Waals surface area contributed by atoms with E-state index in [4.69, 9.17) is 13.9 Å². The number of epoxide rings is 1. The van der Waals surface area contributed by atoms with Crippen molar-refractivity contribution < 1.29 is 18.7 Å². The Kier molecular flexibility index (Phi) is 4.82. The highest BCUT2D eigenvalue weighted by Gasteiger charge is 2.65. The van der Waals surface area contributed by atoms with Gasteiger partial charge in [-0.05, 0) is 76.0 Å². The lowest BCUT2D eigenvalue weighted by Crippen LogP contribution is -2.51. The summed E-state index contributed by atoms with van der Waals surface area (Å²) in [6.45, 7) is 6.37. The number of aryl methyl sites for hydroxylation is 1. The van der Waals surface area contributed by atoms with Crippen molar-refractivity contribution in [2.45, 2.75) is 76.5 Å². The molecule has 2 saturated heterocycles. The third kappa shape index (κ3) is 3.44. The molecule has 0 N–H and O–H groups in total. The number of rotatable bonds is 6. The van der Waals surface area contributed by atoms with E-state index >= 15 is 0 Å². The van der Waals surface area contributed by atoms with Crippen molar-refractivity contribution in [2.24, 2.45) is 23.2 Å². The molecule has 2 aliphatic carbocycles. The lowest BCUT2D eigenvalue weighted by atomic mass is 9.53. The highest BCUT2D eigenvalue weighted by Crippen LogP contribution is 2.62. The fraction of sp³-hybridized carbons (Fsp3) is 0.792. The van der Waals surface area contributed by atoms with Crippen molar-refractivity contribution in [1.82, 2.24) is 4.90 Å². The number of hydrogen-bond acceptors (Lipinski definition) is 5. The van der Waals surface area contributed by atoms with Crippen LogP contribution < -0.4 is 0 Å². The maximum atomic E-state index is 12.8. The van der Waals surface area contributed by atoms with E-state index in [-0.39, 0.29) is 29.0 Å². The Labute approximate surface area is 174 Å². The summed E-state index contributed by atoms with van der Waals surface area (Å²) in [7, 11) is 2.15. The standard InChI is InChI=1S/C24H35NO4/c1-16(7-8-17-6-4-11-27-17)25(3)14-19-18-12-21-23(2,13-20(18)29-22(19)26)9-5-10-24(21)15-28-24/h4,6,11,16,18-21H,5,7-10,12-15H2,1-3H3/t16-,18+,19+,20-,21+,23-,24+/m1/s1. The first-order chi connectivity index (χ1) is 13.9. The first kappa shape index (κ1) is 19.6. The Balaban J connectivity index is 1.24. The highest BCUT2D eigenvalue weighted by molar-refractivity contribution is 5.75. The van der Waals surface area contributed by atoms with Crippen molar-refractivity contribution in [2.75, 3.05) is 20.2 Å². The molecule has 0 unspecified atom stereocenters. The van der Waals surface area contributed by atoms with Gasteiger partial charge in [0.25, 0.3) is 0 Å². The predicted octanol–water partition coefficient (Wildman–Crippen LogP) is 4.06. The maximum Gasteiger partial charge on any atom is 0.310 e. The summed E-state index contributed by atoms with van der Waals surface area (Å²) in [4.78, 5) is 15.2. The van der Waals surface area contributed by atoms with Gasteiger partial charge in [-0.2, -0.15) is 0 Å². The van der Waals surface area contributed by atoms with E-state index < -0.39 is 0 Å². The fourth-order valence-electron chi connectivity index (χ4n) is 6.68. The minimum Gasteiger partial charge on any atom is -0.469 e. The molecule has 1 aromatic heterocycles. The van der Waals surface area contributed by atoms with Crippen molar-refractivity contribution >= 4 is 5.97 Å². The van der Waals surface area contributed by atoms with Crippen LogP contribution in [-0.4, -0.2) is 48.8 Å². The average molecular weight is 402 g/mol. The minimum atomic E-state index is -0.00154. The Bertz CT molecular complexity index is 742. The molecular formula is C24H35NO4. The topological polar surface area (TPSA) is 55.2 Å². The van der Waals surface area contributed by atoms with Gasteiger partial charge in [-0.1, -0.05) is 6.92 Å². The van der Waals surface area contributed by atoms with Crippen LogP contribution in [0.2, 0.25) is 0 Å². The Morgan fingerprint density at radius 2 is 2.17 bits per heavy atom. The first-order valence-electron chi connectivity index (χ1n) is 11.5. The van der Waals surface area contributed by atoms with Crippen LogP contribution >= 0.6 is 0 Å². The summed E-state index contributed by atoms with van der Waals surface area (Å²) in [5, 5.41) is 0. The minimum absolute atomic E-state index is 0.00154. The molecule has 4 aliphatic rings. The second-order valence-electron chi connectivity index (χ2n) is 10.5. The van der Waals surface area contributed by atoms with Crippen LogP contribution in [0.4, 0.5) is 0 Å². The van der Waals surface area contributed by atoms with E-state index in [2.05, 4.69) is 25.8 Å². The molecule has 0 aromatic carbocycles. The zero-order valence-electron chi connectivity index (χ0n) is 18.1. The number of fused-ring (bicyclic) bond motifs is 3. The van der Waals surface area contributed by atoms with Gasteiger partial charge in [0.1, 0.15) is 11.9 Å². The Morgan fingerprint density at radius 3 is 2.90 bits per heavy atom. The van der Waals surface area contributed by atoms with Crippen LogP contribution in [0.1, 0.15) is 58.1 Å². The van der Waals surface area contributed by atoms with Crippen LogP contribution in [0.15, 0.2) is 22.8 Å². The van der Waals surface area contributed by atoms with E-state index in [1.165, 1.54) is 19.3 Å². The third-order valence-corrected chi connectivity index (χ3v) is 8.71. The lowest BCUT2D eigenvalue weighted by molar-refractivity contribution is -0.147. The van der Waals surface area contributed by atoms with Gasteiger partial charge in [-0.3, -0.25) is 4.79 Å². The summed E-state index contributed by atoms with van der Waals surface area (Å²) in [6, 6.07) is 4.37. The summed E-state index contributed by atoms with van der Waals surface area (Å²) in [6.07, 6.45) is 9.60. The SMILES string of the molecule is C[C@H](CCc1ccco1)N(C)C[C@@H]1C(=O)O[C@@H]2C[C@@]3(C)CCC[C@]4(CO4)[C@H]3C[C@@H]12. The molecule has 1 aromatic rings. The number of carbonyl (C=O) groups excluding carboxylic acids is 1. The lowest BCUT2D eigenvalue weighted by Gasteiger charge is -2.51. The van der Waals surface area contributed by atoms with Gasteiger partial charge in [-0.25, -0.2) is 0 Å². The van der Waals surface area contributed by atoms with E-state index in [1.807, 2.05) is 12.1 Å². The zero-order chi connectivity index (χ0) is 20.2. The van der Waals surface area contributed by atoms with Gasteiger partial charge >= 0.3 is 5.97 Å². The Morgan fingerprint density at radius 1 is 1.34 bits per heavy atom. The van der Waals surface area contributed by atoms with Crippen LogP contribution in [0.3, 0.4) is 0 Å². The van der Waals surface area contributed by atoms with E-state index in [1.54, 1.807) is 6.26 Å². The number of ether oxygens (including phenoxy) is 2. The smallest absolute Gasteiger partial charge is 0.310 e. The quantitative estimate of drug-likeness (QED) is 0.531. The van der Waals surface area contributed by atoms with E-state index in [0.717, 1.165) is 44.6 Å². The van der Waals surface area contributed by atoms with Crippen LogP contribution in [0, 0.1) is 23.2 Å². The van der Waals surface area contributed by atoms with Crippen LogP contribution in [-0.2, 0) is 20.7 Å². The normalized spacial score (nSPS) is 41.9. The number of carbonyl (C=O) groups is 1. The van der Waals surface area contributed by atoms with Gasteiger partial charge < -0.3 is 18.8 Å². The molecule has 5 rings (SSSR count). The van der Waals surface area contributed by atoms with Crippen LogP contribution in [0.5, 0.6) is 0 Å². The van der Waals surface area contributed by atoms with Gasteiger partial charge in [-0.15, -0.1) is 0 Å². The third-order valence-electron chi connectivity index (χ3n) is 8.71. The van der Waals surface area contributed by atoms with Gasteiger partial charge in [0.15, 0.2) is 0 Å². The molecule has 5 heteroatoms. The van der Waals surface area contributed by atoms with Crippen molar-refractivity contribution in [3.63, 3.8) is 0 Å². The summed E-state index contributed by atoms with van der Waals surface area (Å²) in [5.74, 6) is 1.99. The molecule has 29 heavy (non-hydrogen) atoms. The van der Waals surface area contributed by atoms with Crippen molar-refractivity contribution in [3.8, 4) is 0 Å². The monoisotopic (exact) mass is 401 g/mol. The number of esters is 1. The Hall–Kier alpha value is -1.33. The first-order valence-corrected chi connectivity index (χ1v) is 11.5. The van der Waals surface area contributed by atoms with E-state index in [0.29, 0.717) is 17.9 Å². The molecule has 5 nitrogen and oxygen atoms in total. The molecular weight excluding hydrogens is 366 g/mol. The highest BCUT2D eigenvalue weighted by atomic mass is 16.6. The second kappa shape index (κ2) is 7.12. The zero-order valence-corrected chi connectivity index (χ0v) is 18.1. The number of nitrogens with zero attached hydrogens (tertiary/aromatic N) is 1. The largest absolute Gasteiger partial charge is 0.469 e. The summed E-state index contributed by atoms with van der Waals surface area (Å²) < 4.78 is 17.4. The molecule has 160 valence electrons. The predicted molar refractivity (Wildman–Crippen MR) is 109 cm³/mol. The maximum absolute atomic E-state index is 12.8. The summed E-state index contributed by atoms with van der Waals surface area (Å²) in [5.41, 5.74) is 0.393. The molecule has 4 fully saturated rings. The van der Waals surface area contributed by atoms with Crippen molar-refractivity contribution in [3.05, 3.63) is 24.2 Å². The molecule has 2 aliphatic heterocycles. The molecule has 1 spiro atoms. The fourth-order valence-corrected chi connectivity index (χ4v) is 6.68. The average Bonchev–Trinajstić information content (AvgIpc) is 3.13. The molecule has 3 heterocycles.